The van der Waals surface area contributed by atoms with Crippen LogP contribution < -0.4 is 0 Å². The Balaban J connectivity index is 2.33. The van der Waals surface area contributed by atoms with Crippen molar-refractivity contribution >= 4 is 15.9 Å². The minimum Gasteiger partial charge on any atom is -0.420 e. The molecular formula is C11H11BrN2O. The Bertz CT molecular complexity index is 448. The highest BCUT2D eigenvalue weighted by Crippen LogP contribution is 2.22. The van der Waals surface area contributed by atoms with Crippen molar-refractivity contribution in [2.45, 2.75) is 19.8 Å². The molecule has 2 aromatic rings. The summed E-state index contributed by atoms with van der Waals surface area (Å²) in [5.74, 6) is 1.51. The Morgan fingerprint density at radius 1 is 1.13 bits per heavy atom. The second kappa shape index (κ2) is 4.14. The van der Waals surface area contributed by atoms with Crippen molar-refractivity contribution in [2.75, 3.05) is 0 Å². The molecule has 1 aromatic heterocycles. The van der Waals surface area contributed by atoms with Crippen molar-refractivity contribution in [3.63, 3.8) is 0 Å². The summed E-state index contributed by atoms with van der Waals surface area (Å²) in [6.45, 7) is 4.05. The molecule has 0 aliphatic carbocycles. The van der Waals surface area contributed by atoms with Gasteiger partial charge in [0.15, 0.2) is 0 Å². The van der Waals surface area contributed by atoms with Crippen molar-refractivity contribution in [1.29, 1.82) is 0 Å². The van der Waals surface area contributed by atoms with Gasteiger partial charge < -0.3 is 4.42 Å². The largest absolute Gasteiger partial charge is 0.420 e. The first-order valence-corrected chi connectivity index (χ1v) is 5.55. The molecule has 0 aliphatic rings. The van der Waals surface area contributed by atoms with Crippen LogP contribution in [0.5, 0.6) is 0 Å². The van der Waals surface area contributed by atoms with Crippen LogP contribution in [0.25, 0.3) is 11.5 Å². The normalized spacial score (nSPS) is 10.9. The third kappa shape index (κ3) is 2.26. The van der Waals surface area contributed by atoms with E-state index in [0.717, 1.165) is 10.0 Å². The molecule has 0 atom stereocenters. The average Bonchev–Trinajstić information content (AvgIpc) is 2.68. The lowest BCUT2D eigenvalue weighted by Crippen LogP contribution is -1.85. The summed E-state index contributed by atoms with van der Waals surface area (Å²) in [7, 11) is 0. The van der Waals surface area contributed by atoms with Crippen molar-refractivity contribution in [2.24, 2.45) is 0 Å². The fourth-order valence-electron chi connectivity index (χ4n) is 1.18. The van der Waals surface area contributed by atoms with Crippen molar-refractivity contribution < 1.29 is 4.42 Å². The maximum absolute atomic E-state index is 5.53. The number of nitrogens with zero attached hydrogens (tertiary/aromatic N) is 2. The number of hydrogen-bond donors (Lipinski definition) is 0. The van der Waals surface area contributed by atoms with Gasteiger partial charge in [0.1, 0.15) is 0 Å². The van der Waals surface area contributed by atoms with E-state index in [-0.39, 0.29) is 5.92 Å². The van der Waals surface area contributed by atoms with Gasteiger partial charge in [-0.15, -0.1) is 10.2 Å². The molecule has 1 aromatic carbocycles. The Morgan fingerprint density at radius 3 is 2.33 bits per heavy atom. The van der Waals surface area contributed by atoms with Crippen LogP contribution in [-0.4, -0.2) is 10.2 Å². The van der Waals surface area contributed by atoms with Crippen LogP contribution in [-0.2, 0) is 0 Å². The molecule has 0 bridgehead atoms. The topological polar surface area (TPSA) is 38.9 Å². The summed E-state index contributed by atoms with van der Waals surface area (Å²) in [6.07, 6.45) is 0. The summed E-state index contributed by atoms with van der Waals surface area (Å²) >= 11 is 3.38. The lowest BCUT2D eigenvalue weighted by atomic mass is 10.2. The molecule has 0 N–H and O–H groups in total. The molecule has 3 nitrogen and oxygen atoms in total. The monoisotopic (exact) mass is 266 g/mol. The Hall–Kier alpha value is -1.16. The minimum atomic E-state index is 0.265. The van der Waals surface area contributed by atoms with E-state index in [9.17, 15) is 0 Å². The van der Waals surface area contributed by atoms with Gasteiger partial charge in [-0.25, -0.2) is 0 Å². The number of hydrogen-bond acceptors (Lipinski definition) is 3. The van der Waals surface area contributed by atoms with Crippen LogP contribution in [0.3, 0.4) is 0 Å². The predicted octanol–water partition coefficient (Wildman–Crippen LogP) is 3.62. The molecular weight excluding hydrogens is 256 g/mol. The van der Waals surface area contributed by atoms with Gasteiger partial charge in [-0.1, -0.05) is 29.8 Å². The highest BCUT2D eigenvalue weighted by molar-refractivity contribution is 9.10. The summed E-state index contributed by atoms with van der Waals surface area (Å²) < 4.78 is 6.57. The van der Waals surface area contributed by atoms with E-state index in [4.69, 9.17) is 4.42 Å². The van der Waals surface area contributed by atoms with Gasteiger partial charge in [0.2, 0.25) is 11.8 Å². The van der Waals surface area contributed by atoms with Crippen LogP contribution >= 0.6 is 15.9 Å². The van der Waals surface area contributed by atoms with E-state index in [2.05, 4.69) is 26.1 Å². The van der Waals surface area contributed by atoms with Crippen LogP contribution in [0, 0.1) is 0 Å². The van der Waals surface area contributed by atoms with Crippen molar-refractivity contribution in [3.05, 3.63) is 34.6 Å². The molecule has 0 unspecified atom stereocenters. The number of aromatic nitrogens is 2. The molecule has 78 valence electrons. The standard InChI is InChI=1S/C11H11BrN2O/c1-7(2)10-13-14-11(15-10)8-3-5-9(12)6-4-8/h3-7H,1-2H3. The summed E-state index contributed by atoms with van der Waals surface area (Å²) in [5, 5.41) is 7.99. The number of rotatable bonds is 2. The molecule has 0 amide bonds. The predicted molar refractivity (Wildman–Crippen MR) is 61.5 cm³/mol. The molecule has 2 rings (SSSR count). The molecule has 0 aliphatic heterocycles. The van der Waals surface area contributed by atoms with Gasteiger partial charge in [-0.3, -0.25) is 0 Å². The molecule has 15 heavy (non-hydrogen) atoms. The summed E-state index contributed by atoms with van der Waals surface area (Å²) in [6, 6.07) is 7.80. The van der Waals surface area contributed by atoms with E-state index >= 15 is 0 Å². The van der Waals surface area contributed by atoms with E-state index in [1.165, 1.54) is 0 Å². The van der Waals surface area contributed by atoms with Crippen molar-refractivity contribution in [1.82, 2.24) is 10.2 Å². The lowest BCUT2D eigenvalue weighted by Gasteiger charge is -1.96. The summed E-state index contributed by atoms with van der Waals surface area (Å²) in [5.41, 5.74) is 0.942. The van der Waals surface area contributed by atoms with Gasteiger partial charge in [-0.2, -0.15) is 0 Å². The number of halogens is 1. The van der Waals surface area contributed by atoms with E-state index < -0.39 is 0 Å². The third-order valence-corrected chi connectivity index (χ3v) is 2.55. The first kappa shape index (κ1) is 10.4. The molecule has 0 fully saturated rings. The zero-order valence-electron chi connectivity index (χ0n) is 8.57. The summed E-state index contributed by atoms with van der Waals surface area (Å²) in [4.78, 5) is 0. The van der Waals surface area contributed by atoms with Gasteiger partial charge in [0.05, 0.1) is 0 Å². The van der Waals surface area contributed by atoms with Gasteiger partial charge in [0.25, 0.3) is 0 Å². The molecule has 0 saturated heterocycles. The maximum atomic E-state index is 5.53. The second-order valence-corrected chi connectivity index (χ2v) is 4.52. The highest BCUT2D eigenvalue weighted by Gasteiger charge is 2.10. The minimum absolute atomic E-state index is 0.265. The molecule has 1 heterocycles. The van der Waals surface area contributed by atoms with Crippen LogP contribution in [0.4, 0.5) is 0 Å². The molecule has 4 heteroatoms. The first-order valence-electron chi connectivity index (χ1n) is 4.76. The Morgan fingerprint density at radius 2 is 1.80 bits per heavy atom. The maximum Gasteiger partial charge on any atom is 0.247 e. The third-order valence-electron chi connectivity index (χ3n) is 2.03. The SMILES string of the molecule is CC(C)c1nnc(-c2ccc(Br)cc2)o1. The molecule has 0 radical (unpaired) electrons. The molecule has 0 spiro atoms. The quantitative estimate of drug-likeness (QED) is 0.834. The highest BCUT2D eigenvalue weighted by atomic mass is 79.9. The van der Waals surface area contributed by atoms with Gasteiger partial charge in [-0.05, 0) is 24.3 Å². The first-order chi connectivity index (χ1) is 7.16. The Labute approximate surface area is 96.7 Å². The zero-order valence-corrected chi connectivity index (χ0v) is 10.2. The van der Waals surface area contributed by atoms with E-state index in [1.807, 2.05) is 38.1 Å². The van der Waals surface area contributed by atoms with Gasteiger partial charge in [0, 0.05) is 16.0 Å². The van der Waals surface area contributed by atoms with E-state index in [0.29, 0.717) is 11.8 Å². The lowest BCUT2D eigenvalue weighted by molar-refractivity contribution is 0.481. The molecule has 0 saturated carbocycles. The average molecular weight is 267 g/mol. The second-order valence-electron chi connectivity index (χ2n) is 3.61. The zero-order chi connectivity index (χ0) is 10.8. The van der Waals surface area contributed by atoms with Crippen molar-refractivity contribution in [3.8, 4) is 11.5 Å². The van der Waals surface area contributed by atoms with E-state index in [1.54, 1.807) is 0 Å². The fraction of sp³-hybridized carbons (Fsp3) is 0.273. The Kier molecular flexibility index (Phi) is 2.86. The van der Waals surface area contributed by atoms with Crippen LogP contribution in [0.15, 0.2) is 33.2 Å². The van der Waals surface area contributed by atoms with Crippen LogP contribution in [0.2, 0.25) is 0 Å². The van der Waals surface area contributed by atoms with Crippen LogP contribution in [0.1, 0.15) is 25.7 Å². The number of benzene rings is 1. The fourth-order valence-corrected chi connectivity index (χ4v) is 1.44. The van der Waals surface area contributed by atoms with Gasteiger partial charge >= 0.3 is 0 Å². The smallest absolute Gasteiger partial charge is 0.247 e.